The molecule has 0 amide bonds. The Bertz CT molecular complexity index is 650. The molecular formula is C18H19N2P. The van der Waals surface area contributed by atoms with Gasteiger partial charge >= 0.3 is 0 Å². The highest BCUT2D eigenvalue weighted by Crippen LogP contribution is 2.32. The van der Waals surface area contributed by atoms with Crippen molar-refractivity contribution in [3.63, 3.8) is 0 Å². The summed E-state index contributed by atoms with van der Waals surface area (Å²) in [4.78, 5) is 0. The van der Waals surface area contributed by atoms with Crippen LogP contribution in [0, 0.1) is 0 Å². The average molecular weight is 294 g/mol. The van der Waals surface area contributed by atoms with Crippen LogP contribution < -0.4 is 15.9 Å². The Kier molecular flexibility index (Phi) is 4.17. The maximum Gasteiger partial charge on any atom is 0.0573 e. The topological polar surface area (TPSA) is 17.8 Å². The van der Waals surface area contributed by atoms with E-state index in [1.807, 2.05) is 10.9 Å². The van der Waals surface area contributed by atoms with E-state index in [4.69, 9.17) is 0 Å². The highest BCUT2D eigenvalue weighted by Gasteiger charge is 2.18. The van der Waals surface area contributed by atoms with Crippen LogP contribution in [0.2, 0.25) is 0 Å². The zero-order chi connectivity index (χ0) is 14.7. The van der Waals surface area contributed by atoms with E-state index in [9.17, 15) is 0 Å². The summed E-state index contributed by atoms with van der Waals surface area (Å²) in [6.07, 6.45) is 4.21. The van der Waals surface area contributed by atoms with Gasteiger partial charge in [-0.1, -0.05) is 60.7 Å². The molecule has 0 atom stereocenters. The fourth-order valence-electron chi connectivity index (χ4n) is 2.33. The standard InChI is InChI=1S/C18H19N2P/c1-15(2)20-14-18(13-19-20)21(16-9-5-3-6-10-16)17-11-7-4-8-12-17/h3-15H,1-2H3. The quantitative estimate of drug-likeness (QED) is 0.676. The Morgan fingerprint density at radius 2 is 1.33 bits per heavy atom. The minimum Gasteiger partial charge on any atom is -0.270 e. The van der Waals surface area contributed by atoms with Crippen molar-refractivity contribution in [1.82, 2.24) is 9.78 Å². The van der Waals surface area contributed by atoms with Gasteiger partial charge in [0.05, 0.1) is 6.20 Å². The smallest absolute Gasteiger partial charge is 0.0573 e. The molecule has 0 saturated heterocycles. The van der Waals surface area contributed by atoms with Gasteiger partial charge in [-0.3, -0.25) is 4.68 Å². The molecule has 0 radical (unpaired) electrons. The molecule has 0 N–H and O–H groups in total. The Hall–Kier alpha value is -1.92. The molecule has 0 unspecified atom stereocenters. The number of hydrogen-bond acceptors (Lipinski definition) is 1. The van der Waals surface area contributed by atoms with E-state index in [1.54, 1.807) is 0 Å². The van der Waals surface area contributed by atoms with Crippen LogP contribution in [0.15, 0.2) is 73.1 Å². The lowest BCUT2D eigenvalue weighted by atomic mass is 10.4. The number of benzene rings is 2. The lowest BCUT2D eigenvalue weighted by Gasteiger charge is -2.17. The van der Waals surface area contributed by atoms with Gasteiger partial charge in [-0.15, -0.1) is 0 Å². The van der Waals surface area contributed by atoms with E-state index in [0.29, 0.717) is 6.04 Å². The minimum absolute atomic E-state index is 0.391. The van der Waals surface area contributed by atoms with E-state index >= 15 is 0 Å². The maximum absolute atomic E-state index is 4.52. The summed E-state index contributed by atoms with van der Waals surface area (Å²) in [7, 11) is -0.533. The third-order valence-electron chi connectivity index (χ3n) is 3.40. The molecular weight excluding hydrogens is 275 g/mol. The lowest BCUT2D eigenvalue weighted by molar-refractivity contribution is 0.533. The van der Waals surface area contributed by atoms with Crippen LogP contribution in [0.5, 0.6) is 0 Å². The molecule has 0 spiro atoms. The van der Waals surface area contributed by atoms with E-state index in [2.05, 4.69) is 85.8 Å². The monoisotopic (exact) mass is 294 g/mol. The molecule has 0 aliphatic carbocycles. The Labute approximate surface area is 127 Å². The van der Waals surface area contributed by atoms with Crippen molar-refractivity contribution in [2.75, 3.05) is 0 Å². The first-order valence-corrected chi connectivity index (χ1v) is 8.54. The lowest BCUT2D eigenvalue weighted by Crippen LogP contribution is -2.19. The van der Waals surface area contributed by atoms with Crippen molar-refractivity contribution in [2.24, 2.45) is 0 Å². The van der Waals surface area contributed by atoms with Gasteiger partial charge in [0.2, 0.25) is 0 Å². The normalized spacial score (nSPS) is 11.2. The number of aromatic nitrogens is 2. The second-order valence-corrected chi connectivity index (χ2v) is 7.50. The van der Waals surface area contributed by atoms with Gasteiger partial charge in [-0.05, 0) is 32.4 Å². The zero-order valence-electron chi connectivity index (χ0n) is 12.3. The number of rotatable bonds is 4. The van der Waals surface area contributed by atoms with Crippen LogP contribution in [-0.4, -0.2) is 9.78 Å². The Morgan fingerprint density at radius 1 is 0.810 bits per heavy atom. The molecule has 2 nitrogen and oxygen atoms in total. The molecule has 2 aromatic carbocycles. The predicted molar refractivity (Wildman–Crippen MR) is 91.3 cm³/mol. The first-order chi connectivity index (χ1) is 10.3. The summed E-state index contributed by atoms with van der Waals surface area (Å²) >= 11 is 0. The molecule has 3 rings (SSSR count). The molecule has 1 heterocycles. The summed E-state index contributed by atoms with van der Waals surface area (Å²) < 4.78 is 2.04. The molecule has 0 saturated carbocycles. The number of hydrogen-bond donors (Lipinski definition) is 0. The second kappa shape index (κ2) is 6.24. The Balaban J connectivity index is 2.08. The van der Waals surface area contributed by atoms with Crippen molar-refractivity contribution in [1.29, 1.82) is 0 Å². The summed E-state index contributed by atoms with van der Waals surface area (Å²) in [5, 5.41) is 8.55. The SMILES string of the molecule is CC(C)n1cc(P(c2ccccc2)c2ccccc2)cn1. The summed E-state index contributed by atoms with van der Waals surface area (Å²) in [6, 6.07) is 21.8. The van der Waals surface area contributed by atoms with Gasteiger partial charge < -0.3 is 0 Å². The molecule has 106 valence electrons. The molecule has 0 fully saturated rings. The molecule has 0 aliphatic rings. The highest BCUT2D eigenvalue weighted by molar-refractivity contribution is 7.79. The van der Waals surface area contributed by atoms with Crippen LogP contribution in [0.3, 0.4) is 0 Å². The van der Waals surface area contributed by atoms with Crippen LogP contribution >= 0.6 is 7.92 Å². The third-order valence-corrected chi connectivity index (χ3v) is 5.78. The average Bonchev–Trinajstić information content (AvgIpc) is 3.00. The van der Waals surface area contributed by atoms with E-state index in [1.165, 1.54) is 15.9 Å². The van der Waals surface area contributed by atoms with Crippen molar-refractivity contribution >= 4 is 23.8 Å². The maximum atomic E-state index is 4.52. The predicted octanol–water partition coefficient (Wildman–Crippen LogP) is 3.22. The van der Waals surface area contributed by atoms with Gasteiger partial charge in [0, 0.05) is 17.5 Å². The fourth-order valence-corrected chi connectivity index (χ4v) is 4.56. The van der Waals surface area contributed by atoms with Gasteiger partial charge in [0.15, 0.2) is 0 Å². The van der Waals surface area contributed by atoms with E-state index in [-0.39, 0.29) is 0 Å². The van der Waals surface area contributed by atoms with Crippen molar-refractivity contribution in [2.45, 2.75) is 19.9 Å². The van der Waals surface area contributed by atoms with Crippen molar-refractivity contribution in [3.8, 4) is 0 Å². The van der Waals surface area contributed by atoms with Crippen molar-refractivity contribution in [3.05, 3.63) is 73.1 Å². The van der Waals surface area contributed by atoms with Crippen LogP contribution in [0.4, 0.5) is 0 Å². The summed E-state index contributed by atoms with van der Waals surface area (Å²) in [5.41, 5.74) is 0. The fraction of sp³-hybridized carbons (Fsp3) is 0.167. The van der Waals surface area contributed by atoms with Gasteiger partial charge in [0.1, 0.15) is 0 Å². The highest BCUT2D eigenvalue weighted by atomic mass is 31.1. The minimum atomic E-state index is -0.533. The zero-order valence-corrected chi connectivity index (χ0v) is 13.2. The molecule has 3 aromatic rings. The van der Waals surface area contributed by atoms with Crippen molar-refractivity contribution < 1.29 is 0 Å². The molecule has 21 heavy (non-hydrogen) atoms. The molecule has 0 bridgehead atoms. The van der Waals surface area contributed by atoms with Gasteiger partial charge in [0.25, 0.3) is 0 Å². The molecule has 1 aromatic heterocycles. The summed E-state index contributed by atoms with van der Waals surface area (Å²) in [6.45, 7) is 4.31. The molecule has 3 heteroatoms. The second-order valence-electron chi connectivity index (χ2n) is 5.28. The first kappa shape index (κ1) is 14.0. The van der Waals surface area contributed by atoms with Gasteiger partial charge in [-0.25, -0.2) is 0 Å². The Morgan fingerprint density at radius 3 is 1.76 bits per heavy atom. The first-order valence-electron chi connectivity index (χ1n) is 7.20. The number of nitrogens with zero attached hydrogens (tertiary/aromatic N) is 2. The summed E-state index contributed by atoms with van der Waals surface area (Å²) in [5.74, 6) is 0. The largest absolute Gasteiger partial charge is 0.270 e. The van der Waals surface area contributed by atoms with Crippen LogP contribution in [-0.2, 0) is 0 Å². The molecule has 0 aliphatic heterocycles. The third kappa shape index (κ3) is 3.06. The van der Waals surface area contributed by atoms with Gasteiger partial charge in [-0.2, -0.15) is 5.10 Å². The van der Waals surface area contributed by atoms with Crippen LogP contribution in [0.25, 0.3) is 0 Å². The van der Waals surface area contributed by atoms with Crippen LogP contribution in [0.1, 0.15) is 19.9 Å². The van der Waals surface area contributed by atoms with E-state index in [0.717, 1.165) is 0 Å². The van der Waals surface area contributed by atoms with E-state index < -0.39 is 7.92 Å².